The van der Waals surface area contributed by atoms with E-state index in [0.717, 1.165) is 5.56 Å². The maximum atomic E-state index is 12.3. The molecule has 28 heavy (non-hydrogen) atoms. The van der Waals surface area contributed by atoms with Gasteiger partial charge in [-0.1, -0.05) is 42.5 Å². The lowest BCUT2D eigenvalue weighted by Crippen LogP contribution is -2.30. The van der Waals surface area contributed by atoms with Gasteiger partial charge >= 0.3 is 0 Å². The van der Waals surface area contributed by atoms with Crippen LogP contribution in [0.1, 0.15) is 17.3 Å². The molecule has 1 N–H and O–H groups in total. The van der Waals surface area contributed by atoms with Crippen molar-refractivity contribution in [2.75, 3.05) is 6.54 Å². The van der Waals surface area contributed by atoms with Crippen molar-refractivity contribution in [3.05, 3.63) is 82.9 Å². The second kappa shape index (κ2) is 8.28. The minimum absolute atomic E-state index is 0.0308. The molecule has 1 aromatic heterocycles. The van der Waals surface area contributed by atoms with Crippen LogP contribution in [0.2, 0.25) is 0 Å². The monoisotopic (exact) mass is 397 g/mol. The molecule has 0 aliphatic carbocycles. The van der Waals surface area contributed by atoms with Gasteiger partial charge in [0.25, 0.3) is 5.56 Å². The van der Waals surface area contributed by atoms with Gasteiger partial charge in [-0.25, -0.2) is 18.1 Å². The Hall–Kier alpha value is -3.10. The van der Waals surface area contributed by atoms with E-state index in [1.165, 1.54) is 48.1 Å². The summed E-state index contributed by atoms with van der Waals surface area (Å²) in [7, 11) is -3.73. The number of ketones is 1. The Bertz CT molecular complexity index is 1140. The molecule has 0 bridgehead atoms. The number of nitrogens with zero attached hydrogens (tertiary/aromatic N) is 2. The van der Waals surface area contributed by atoms with Crippen molar-refractivity contribution in [2.24, 2.45) is 0 Å². The van der Waals surface area contributed by atoms with Crippen LogP contribution in [0.15, 0.2) is 76.7 Å². The Labute approximate surface area is 162 Å². The number of sulfonamides is 1. The van der Waals surface area contributed by atoms with Gasteiger partial charge < -0.3 is 0 Å². The fraction of sp³-hybridized carbons (Fsp3) is 0.150. The molecular weight excluding hydrogens is 378 g/mol. The molecule has 0 saturated heterocycles. The number of aromatic nitrogens is 2. The number of rotatable bonds is 7. The SMILES string of the molecule is CC(=O)c1ccc(S(=O)(=O)NCCn2cnc(-c3ccccc3)cc2=O)cc1. The van der Waals surface area contributed by atoms with Crippen molar-refractivity contribution < 1.29 is 13.2 Å². The lowest BCUT2D eigenvalue weighted by molar-refractivity contribution is 0.101. The van der Waals surface area contributed by atoms with Crippen molar-refractivity contribution in [1.82, 2.24) is 14.3 Å². The molecule has 0 unspecified atom stereocenters. The Morgan fingerprint density at radius 2 is 1.75 bits per heavy atom. The number of benzene rings is 2. The maximum absolute atomic E-state index is 12.3. The summed E-state index contributed by atoms with van der Waals surface area (Å²) < 4.78 is 28.4. The molecule has 1 heterocycles. The van der Waals surface area contributed by atoms with Crippen LogP contribution in [-0.2, 0) is 16.6 Å². The van der Waals surface area contributed by atoms with E-state index < -0.39 is 10.0 Å². The first-order chi connectivity index (χ1) is 13.4. The highest BCUT2D eigenvalue weighted by molar-refractivity contribution is 7.89. The third-order valence-corrected chi connectivity index (χ3v) is 5.64. The van der Waals surface area contributed by atoms with E-state index in [1.54, 1.807) is 0 Å². The fourth-order valence-electron chi connectivity index (χ4n) is 2.61. The Balaban J connectivity index is 1.65. The second-order valence-corrected chi connectivity index (χ2v) is 7.92. The first-order valence-electron chi connectivity index (χ1n) is 8.59. The van der Waals surface area contributed by atoms with Crippen LogP contribution in [0.25, 0.3) is 11.3 Å². The Morgan fingerprint density at radius 1 is 1.07 bits per heavy atom. The van der Waals surface area contributed by atoms with Gasteiger partial charge in [0.05, 0.1) is 16.9 Å². The van der Waals surface area contributed by atoms with Gasteiger partial charge in [-0.05, 0) is 19.1 Å². The minimum Gasteiger partial charge on any atom is -0.298 e. The highest BCUT2D eigenvalue weighted by Crippen LogP contribution is 2.13. The van der Waals surface area contributed by atoms with Crippen LogP contribution in [0.5, 0.6) is 0 Å². The predicted octanol–water partition coefficient (Wildman–Crippen LogP) is 2.09. The quantitative estimate of drug-likeness (QED) is 0.616. The summed E-state index contributed by atoms with van der Waals surface area (Å²) in [5, 5.41) is 0. The van der Waals surface area contributed by atoms with Gasteiger partial charge in [0.1, 0.15) is 0 Å². The van der Waals surface area contributed by atoms with Crippen LogP contribution in [0.4, 0.5) is 0 Å². The first kappa shape index (κ1) is 19.7. The number of Topliss-reactive ketones (excluding diaryl/α,β-unsaturated/α-hetero) is 1. The van der Waals surface area contributed by atoms with Gasteiger partial charge in [-0.15, -0.1) is 0 Å². The molecule has 0 spiro atoms. The molecule has 0 radical (unpaired) electrons. The zero-order valence-electron chi connectivity index (χ0n) is 15.2. The third kappa shape index (κ3) is 4.59. The topological polar surface area (TPSA) is 98.1 Å². The summed E-state index contributed by atoms with van der Waals surface area (Å²) in [6.45, 7) is 1.59. The predicted molar refractivity (Wildman–Crippen MR) is 106 cm³/mol. The molecule has 0 saturated carbocycles. The van der Waals surface area contributed by atoms with Crippen LogP contribution >= 0.6 is 0 Å². The van der Waals surface area contributed by atoms with Crippen molar-refractivity contribution >= 4 is 15.8 Å². The highest BCUT2D eigenvalue weighted by Gasteiger charge is 2.14. The minimum atomic E-state index is -3.73. The van der Waals surface area contributed by atoms with E-state index in [-0.39, 0.29) is 29.3 Å². The summed E-state index contributed by atoms with van der Waals surface area (Å²) in [6.07, 6.45) is 1.40. The van der Waals surface area contributed by atoms with E-state index in [4.69, 9.17) is 0 Å². The molecule has 2 aromatic carbocycles. The molecule has 7 nitrogen and oxygen atoms in total. The number of nitrogens with one attached hydrogen (secondary N) is 1. The molecule has 144 valence electrons. The van der Waals surface area contributed by atoms with Crippen LogP contribution in [0, 0.1) is 0 Å². The Kier molecular flexibility index (Phi) is 5.81. The smallest absolute Gasteiger partial charge is 0.253 e. The molecule has 0 amide bonds. The van der Waals surface area contributed by atoms with Crippen molar-refractivity contribution in [2.45, 2.75) is 18.4 Å². The van der Waals surface area contributed by atoms with E-state index >= 15 is 0 Å². The standard InChI is InChI=1S/C20H19N3O4S/c1-15(24)16-7-9-18(10-8-16)28(26,27)22-11-12-23-14-21-19(13-20(23)25)17-5-3-2-4-6-17/h2-10,13-14,22H,11-12H2,1H3. The van der Waals surface area contributed by atoms with Gasteiger partial charge in [0, 0.05) is 30.3 Å². The maximum Gasteiger partial charge on any atom is 0.253 e. The molecule has 0 aliphatic heterocycles. The number of hydrogen-bond acceptors (Lipinski definition) is 5. The normalized spacial score (nSPS) is 11.3. The average Bonchev–Trinajstić information content (AvgIpc) is 2.70. The summed E-state index contributed by atoms with van der Waals surface area (Å²) in [5.41, 5.74) is 1.57. The lowest BCUT2D eigenvalue weighted by Gasteiger charge is -2.09. The van der Waals surface area contributed by atoms with Crippen LogP contribution < -0.4 is 10.3 Å². The van der Waals surface area contributed by atoms with Gasteiger partial charge in [0.15, 0.2) is 5.78 Å². The van der Waals surface area contributed by atoms with Crippen molar-refractivity contribution in [3.63, 3.8) is 0 Å². The van der Waals surface area contributed by atoms with Gasteiger partial charge in [0.2, 0.25) is 10.0 Å². The average molecular weight is 397 g/mol. The molecule has 0 fully saturated rings. The van der Waals surface area contributed by atoms with Gasteiger partial charge in [-0.3, -0.25) is 14.2 Å². The van der Waals surface area contributed by atoms with Crippen molar-refractivity contribution in [1.29, 1.82) is 0 Å². The molecule has 8 heteroatoms. The molecule has 0 atom stereocenters. The van der Waals surface area contributed by atoms with E-state index in [2.05, 4.69) is 9.71 Å². The molecule has 3 aromatic rings. The van der Waals surface area contributed by atoms with Crippen LogP contribution in [0.3, 0.4) is 0 Å². The zero-order valence-corrected chi connectivity index (χ0v) is 16.0. The number of carbonyl (C=O) groups excluding carboxylic acids is 1. The van der Waals surface area contributed by atoms with Crippen molar-refractivity contribution in [3.8, 4) is 11.3 Å². The Morgan fingerprint density at radius 3 is 2.36 bits per heavy atom. The summed E-state index contributed by atoms with van der Waals surface area (Å²) in [6, 6.07) is 16.4. The first-order valence-corrected chi connectivity index (χ1v) is 10.1. The van der Waals surface area contributed by atoms with E-state index in [0.29, 0.717) is 11.3 Å². The largest absolute Gasteiger partial charge is 0.298 e. The highest BCUT2D eigenvalue weighted by atomic mass is 32.2. The van der Waals surface area contributed by atoms with E-state index in [9.17, 15) is 18.0 Å². The molecular formula is C20H19N3O4S. The summed E-state index contributed by atoms with van der Waals surface area (Å²) in [5.74, 6) is -0.136. The van der Waals surface area contributed by atoms with E-state index in [1.807, 2.05) is 30.3 Å². The molecule has 0 aliphatic rings. The zero-order chi connectivity index (χ0) is 20.1. The number of carbonyl (C=O) groups is 1. The fourth-order valence-corrected chi connectivity index (χ4v) is 3.63. The number of hydrogen-bond donors (Lipinski definition) is 1. The second-order valence-electron chi connectivity index (χ2n) is 6.15. The van der Waals surface area contributed by atoms with Gasteiger partial charge in [-0.2, -0.15) is 0 Å². The third-order valence-electron chi connectivity index (χ3n) is 4.16. The van der Waals surface area contributed by atoms with Crippen LogP contribution in [-0.4, -0.2) is 30.3 Å². The summed E-state index contributed by atoms with van der Waals surface area (Å²) in [4.78, 5) is 27.9. The molecule has 3 rings (SSSR count). The summed E-state index contributed by atoms with van der Waals surface area (Å²) >= 11 is 0. The lowest BCUT2D eigenvalue weighted by atomic mass is 10.1.